The SMILES string of the molecule is CNCCOCCc1cc(OC)c(OC)cc1F. The van der Waals surface area contributed by atoms with Crippen LogP contribution < -0.4 is 14.8 Å². The topological polar surface area (TPSA) is 39.7 Å². The van der Waals surface area contributed by atoms with Gasteiger partial charge in [-0.3, -0.25) is 0 Å². The number of halogens is 1. The van der Waals surface area contributed by atoms with Gasteiger partial charge in [0.05, 0.1) is 27.4 Å². The molecule has 0 aliphatic rings. The zero-order chi connectivity index (χ0) is 13.4. The van der Waals surface area contributed by atoms with Crippen LogP contribution in [-0.2, 0) is 11.2 Å². The van der Waals surface area contributed by atoms with Crippen molar-refractivity contribution in [3.63, 3.8) is 0 Å². The largest absolute Gasteiger partial charge is 0.493 e. The predicted octanol–water partition coefficient (Wildman–Crippen LogP) is 1.62. The summed E-state index contributed by atoms with van der Waals surface area (Å²) in [5, 5.41) is 2.98. The Morgan fingerprint density at radius 3 is 2.39 bits per heavy atom. The minimum absolute atomic E-state index is 0.301. The van der Waals surface area contributed by atoms with Gasteiger partial charge in [0.15, 0.2) is 11.5 Å². The second kappa shape index (κ2) is 7.89. The van der Waals surface area contributed by atoms with Gasteiger partial charge < -0.3 is 19.5 Å². The van der Waals surface area contributed by atoms with Crippen LogP contribution in [0.1, 0.15) is 5.56 Å². The Kier molecular flexibility index (Phi) is 6.46. The average molecular weight is 257 g/mol. The Morgan fingerprint density at radius 1 is 1.11 bits per heavy atom. The van der Waals surface area contributed by atoms with Gasteiger partial charge in [0.1, 0.15) is 5.82 Å². The molecule has 1 aromatic rings. The Morgan fingerprint density at radius 2 is 1.78 bits per heavy atom. The Labute approximate surface area is 107 Å². The van der Waals surface area contributed by atoms with Gasteiger partial charge in [0.2, 0.25) is 0 Å². The quantitative estimate of drug-likeness (QED) is 0.718. The van der Waals surface area contributed by atoms with Gasteiger partial charge in [-0.05, 0) is 25.1 Å². The molecule has 0 radical (unpaired) electrons. The first-order valence-electron chi connectivity index (χ1n) is 5.85. The van der Waals surface area contributed by atoms with Crippen LogP contribution >= 0.6 is 0 Å². The highest BCUT2D eigenvalue weighted by atomic mass is 19.1. The van der Waals surface area contributed by atoms with Crippen molar-refractivity contribution in [2.45, 2.75) is 6.42 Å². The summed E-state index contributed by atoms with van der Waals surface area (Å²) in [6.45, 7) is 1.88. The maximum Gasteiger partial charge on any atom is 0.163 e. The van der Waals surface area contributed by atoms with Crippen LogP contribution in [0.4, 0.5) is 4.39 Å². The molecule has 4 nitrogen and oxygen atoms in total. The molecule has 0 saturated heterocycles. The summed E-state index contributed by atoms with van der Waals surface area (Å²) in [6, 6.07) is 2.98. The van der Waals surface area contributed by atoms with Gasteiger partial charge in [-0.1, -0.05) is 0 Å². The van der Waals surface area contributed by atoms with Gasteiger partial charge in [-0.2, -0.15) is 0 Å². The van der Waals surface area contributed by atoms with Crippen molar-refractivity contribution in [1.82, 2.24) is 5.32 Å². The van der Waals surface area contributed by atoms with Crippen LogP contribution in [0.5, 0.6) is 11.5 Å². The van der Waals surface area contributed by atoms with Crippen LogP contribution in [0.25, 0.3) is 0 Å². The number of methoxy groups -OCH3 is 2. The molecule has 0 fully saturated rings. The minimum atomic E-state index is -0.301. The second-order valence-electron chi connectivity index (χ2n) is 3.76. The average Bonchev–Trinajstić information content (AvgIpc) is 2.39. The number of hydrogen-bond donors (Lipinski definition) is 1. The van der Waals surface area contributed by atoms with E-state index in [0.717, 1.165) is 6.54 Å². The molecular weight excluding hydrogens is 237 g/mol. The molecule has 18 heavy (non-hydrogen) atoms. The fraction of sp³-hybridized carbons (Fsp3) is 0.538. The molecule has 0 saturated carbocycles. The standard InChI is InChI=1S/C13H20FNO3/c1-15-5-7-18-6-4-10-8-12(16-2)13(17-3)9-11(10)14/h8-9,15H,4-7H2,1-3H3. The van der Waals surface area contributed by atoms with Gasteiger partial charge >= 0.3 is 0 Å². The molecule has 5 heteroatoms. The van der Waals surface area contributed by atoms with E-state index < -0.39 is 0 Å². The molecule has 0 amide bonds. The first kappa shape index (κ1) is 14.7. The van der Waals surface area contributed by atoms with Gasteiger partial charge in [0, 0.05) is 12.6 Å². The molecule has 0 heterocycles. The van der Waals surface area contributed by atoms with Gasteiger partial charge in [0.25, 0.3) is 0 Å². The van der Waals surface area contributed by atoms with Crippen LogP contribution in [0, 0.1) is 5.82 Å². The van der Waals surface area contributed by atoms with Crippen molar-refractivity contribution < 1.29 is 18.6 Å². The van der Waals surface area contributed by atoms with E-state index in [4.69, 9.17) is 14.2 Å². The monoisotopic (exact) mass is 257 g/mol. The maximum absolute atomic E-state index is 13.7. The summed E-state index contributed by atoms with van der Waals surface area (Å²) >= 11 is 0. The number of likely N-dealkylation sites (N-methyl/N-ethyl adjacent to an activating group) is 1. The minimum Gasteiger partial charge on any atom is -0.493 e. The third-order valence-electron chi connectivity index (χ3n) is 2.56. The normalized spacial score (nSPS) is 10.4. The highest BCUT2D eigenvalue weighted by molar-refractivity contribution is 5.43. The second-order valence-corrected chi connectivity index (χ2v) is 3.76. The number of benzene rings is 1. The Bertz CT molecular complexity index is 371. The molecule has 0 aliphatic heterocycles. The first-order chi connectivity index (χ1) is 8.72. The molecule has 1 aromatic carbocycles. The van der Waals surface area contributed by atoms with E-state index in [9.17, 15) is 4.39 Å². The smallest absolute Gasteiger partial charge is 0.163 e. The van der Waals surface area contributed by atoms with E-state index in [1.165, 1.54) is 20.3 Å². The third-order valence-corrected chi connectivity index (χ3v) is 2.56. The van der Waals surface area contributed by atoms with Crippen LogP contribution in [0.2, 0.25) is 0 Å². The molecule has 0 spiro atoms. The molecule has 0 atom stereocenters. The summed E-state index contributed by atoms with van der Waals surface area (Å²) in [4.78, 5) is 0. The molecule has 0 bridgehead atoms. The lowest BCUT2D eigenvalue weighted by Gasteiger charge is -2.11. The number of rotatable bonds is 8. The Hall–Kier alpha value is -1.33. The summed E-state index contributed by atoms with van der Waals surface area (Å²) in [6.07, 6.45) is 0.510. The highest BCUT2D eigenvalue weighted by Crippen LogP contribution is 2.29. The zero-order valence-corrected chi connectivity index (χ0v) is 11.1. The van der Waals surface area contributed by atoms with Gasteiger partial charge in [-0.15, -0.1) is 0 Å². The van der Waals surface area contributed by atoms with E-state index in [0.29, 0.717) is 36.7 Å². The predicted molar refractivity (Wildman–Crippen MR) is 68.0 cm³/mol. The summed E-state index contributed by atoms with van der Waals surface area (Å²) in [5.74, 6) is 0.629. The van der Waals surface area contributed by atoms with Crippen LogP contribution in [-0.4, -0.2) is 41.0 Å². The first-order valence-corrected chi connectivity index (χ1v) is 5.85. The fourth-order valence-electron chi connectivity index (χ4n) is 1.55. The summed E-state index contributed by atoms with van der Waals surface area (Å²) in [7, 11) is 4.87. The van der Waals surface area contributed by atoms with Crippen molar-refractivity contribution in [2.24, 2.45) is 0 Å². The van der Waals surface area contributed by atoms with Crippen LogP contribution in [0.15, 0.2) is 12.1 Å². The van der Waals surface area contributed by atoms with E-state index in [-0.39, 0.29) is 5.82 Å². The third kappa shape index (κ3) is 4.16. The van der Waals surface area contributed by atoms with E-state index >= 15 is 0 Å². The lowest BCUT2D eigenvalue weighted by Crippen LogP contribution is -2.15. The van der Waals surface area contributed by atoms with Crippen molar-refractivity contribution in [2.75, 3.05) is 41.0 Å². The van der Waals surface area contributed by atoms with Crippen molar-refractivity contribution in [1.29, 1.82) is 0 Å². The van der Waals surface area contributed by atoms with E-state index in [2.05, 4.69) is 5.32 Å². The Balaban J connectivity index is 2.59. The number of ether oxygens (including phenoxy) is 3. The molecule has 102 valence electrons. The number of nitrogens with one attached hydrogen (secondary N) is 1. The maximum atomic E-state index is 13.7. The molecule has 0 aliphatic carbocycles. The van der Waals surface area contributed by atoms with Gasteiger partial charge in [-0.25, -0.2) is 4.39 Å². The fourth-order valence-corrected chi connectivity index (χ4v) is 1.55. The lowest BCUT2D eigenvalue weighted by atomic mass is 10.1. The van der Waals surface area contributed by atoms with Crippen LogP contribution in [0.3, 0.4) is 0 Å². The molecule has 0 unspecified atom stereocenters. The summed E-state index contributed by atoms with van der Waals surface area (Å²) < 4.78 is 29.2. The van der Waals surface area contributed by atoms with E-state index in [1.54, 1.807) is 6.07 Å². The van der Waals surface area contributed by atoms with Crippen molar-refractivity contribution >= 4 is 0 Å². The lowest BCUT2D eigenvalue weighted by molar-refractivity contribution is 0.139. The summed E-state index contributed by atoms with van der Waals surface area (Å²) in [5.41, 5.74) is 0.567. The number of hydrogen-bond acceptors (Lipinski definition) is 4. The van der Waals surface area contributed by atoms with Crippen molar-refractivity contribution in [3.8, 4) is 11.5 Å². The molecule has 1 N–H and O–H groups in total. The molecule has 0 aromatic heterocycles. The molecular formula is C13H20FNO3. The molecule has 1 rings (SSSR count). The zero-order valence-electron chi connectivity index (χ0n) is 11.1. The van der Waals surface area contributed by atoms with Crippen molar-refractivity contribution in [3.05, 3.63) is 23.5 Å². The highest BCUT2D eigenvalue weighted by Gasteiger charge is 2.10. The van der Waals surface area contributed by atoms with E-state index in [1.807, 2.05) is 7.05 Å².